The second kappa shape index (κ2) is 7.70. The van der Waals surface area contributed by atoms with Gasteiger partial charge in [-0.2, -0.15) is 0 Å². The summed E-state index contributed by atoms with van der Waals surface area (Å²) in [5, 5.41) is 0. The fraction of sp³-hybridized carbons (Fsp3) is 0.462. The molecule has 2 unspecified atom stereocenters. The number of nitrogens with two attached hydrogens (primary N) is 1. The SMILES string of the molecule is CCC(OC(N)=O)C(OCOC)c1ccc(F)cc1. The van der Waals surface area contributed by atoms with Crippen molar-refractivity contribution in [3.63, 3.8) is 0 Å². The molecule has 0 radical (unpaired) electrons. The van der Waals surface area contributed by atoms with Gasteiger partial charge in [-0.1, -0.05) is 19.1 Å². The zero-order valence-electron chi connectivity index (χ0n) is 11.0. The van der Waals surface area contributed by atoms with Gasteiger partial charge in [0.05, 0.1) is 0 Å². The number of methoxy groups -OCH3 is 1. The van der Waals surface area contributed by atoms with Crippen LogP contribution in [0.25, 0.3) is 0 Å². The first-order valence-corrected chi connectivity index (χ1v) is 5.90. The third kappa shape index (κ3) is 4.84. The predicted molar refractivity (Wildman–Crippen MR) is 66.8 cm³/mol. The van der Waals surface area contributed by atoms with E-state index in [0.29, 0.717) is 12.0 Å². The van der Waals surface area contributed by atoms with Crippen molar-refractivity contribution in [1.29, 1.82) is 0 Å². The number of amides is 1. The highest BCUT2D eigenvalue weighted by molar-refractivity contribution is 5.64. The molecule has 0 spiro atoms. The number of ether oxygens (including phenoxy) is 3. The zero-order valence-corrected chi connectivity index (χ0v) is 11.0. The van der Waals surface area contributed by atoms with E-state index in [9.17, 15) is 9.18 Å². The van der Waals surface area contributed by atoms with Crippen LogP contribution >= 0.6 is 0 Å². The largest absolute Gasteiger partial charge is 0.443 e. The van der Waals surface area contributed by atoms with Gasteiger partial charge in [0, 0.05) is 7.11 Å². The second-order valence-electron chi connectivity index (χ2n) is 3.93. The number of benzene rings is 1. The molecular weight excluding hydrogens is 253 g/mol. The number of halogens is 1. The molecule has 6 heteroatoms. The third-order valence-electron chi connectivity index (χ3n) is 2.57. The zero-order chi connectivity index (χ0) is 14.3. The van der Waals surface area contributed by atoms with Gasteiger partial charge in [-0.3, -0.25) is 0 Å². The minimum Gasteiger partial charge on any atom is -0.443 e. The van der Waals surface area contributed by atoms with Crippen molar-refractivity contribution in [3.05, 3.63) is 35.6 Å². The molecule has 2 atom stereocenters. The molecule has 0 aliphatic rings. The van der Waals surface area contributed by atoms with Crippen molar-refractivity contribution < 1.29 is 23.4 Å². The monoisotopic (exact) mass is 271 g/mol. The van der Waals surface area contributed by atoms with E-state index in [1.165, 1.54) is 19.2 Å². The first-order valence-electron chi connectivity index (χ1n) is 5.90. The lowest BCUT2D eigenvalue weighted by molar-refractivity contribution is -0.116. The van der Waals surface area contributed by atoms with Crippen molar-refractivity contribution in [3.8, 4) is 0 Å². The van der Waals surface area contributed by atoms with Crippen LogP contribution in [-0.4, -0.2) is 26.1 Å². The van der Waals surface area contributed by atoms with Gasteiger partial charge in [-0.25, -0.2) is 9.18 Å². The molecular formula is C13H18FNO4. The molecule has 2 N–H and O–H groups in total. The van der Waals surface area contributed by atoms with Crippen molar-refractivity contribution in [2.45, 2.75) is 25.6 Å². The van der Waals surface area contributed by atoms with E-state index < -0.39 is 18.3 Å². The van der Waals surface area contributed by atoms with Crippen LogP contribution in [0, 0.1) is 5.82 Å². The van der Waals surface area contributed by atoms with Crippen LogP contribution in [0.4, 0.5) is 9.18 Å². The molecule has 0 aliphatic carbocycles. The topological polar surface area (TPSA) is 70.8 Å². The first kappa shape index (κ1) is 15.4. The summed E-state index contributed by atoms with van der Waals surface area (Å²) in [7, 11) is 1.48. The number of hydrogen-bond acceptors (Lipinski definition) is 4. The Bertz CT molecular complexity index is 396. The number of rotatable bonds is 7. The molecule has 1 rings (SSSR count). The van der Waals surface area contributed by atoms with Crippen molar-refractivity contribution in [2.75, 3.05) is 13.9 Å². The van der Waals surface area contributed by atoms with Crippen molar-refractivity contribution >= 4 is 6.09 Å². The number of primary amides is 1. The van der Waals surface area contributed by atoms with Gasteiger partial charge in [-0.15, -0.1) is 0 Å². The molecule has 1 aromatic rings. The summed E-state index contributed by atoms with van der Waals surface area (Å²) in [5.74, 6) is -0.349. The molecule has 0 fully saturated rings. The van der Waals surface area contributed by atoms with Crippen LogP contribution < -0.4 is 5.73 Å². The molecule has 1 aromatic carbocycles. The summed E-state index contributed by atoms with van der Waals surface area (Å²) in [6.45, 7) is 1.86. The maximum absolute atomic E-state index is 12.9. The predicted octanol–water partition coefficient (Wildman–Crippen LogP) is 2.36. The molecule has 0 bridgehead atoms. The summed E-state index contributed by atoms with van der Waals surface area (Å²) >= 11 is 0. The molecule has 0 saturated carbocycles. The molecule has 0 aromatic heterocycles. The Morgan fingerprint density at radius 2 is 2.00 bits per heavy atom. The number of carbonyl (C=O) groups excluding carboxylic acids is 1. The molecule has 106 valence electrons. The molecule has 19 heavy (non-hydrogen) atoms. The Morgan fingerprint density at radius 1 is 1.37 bits per heavy atom. The Morgan fingerprint density at radius 3 is 2.47 bits per heavy atom. The minimum atomic E-state index is -0.875. The van der Waals surface area contributed by atoms with Crippen LogP contribution in [-0.2, 0) is 14.2 Å². The summed E-state index contributed by atoms with van der Waals surface area (Å²) in [5.41, 5.74) is 5.72. The Hall–Kier alpha value is -1.66. The fourth-order valence-electron chi connectivity index (χ4n) is 1.72. The minimum absolute atomic E-state index is 0.0284. The van der Waals surface area contributed by atoms with E-state index in [1.54, 1.807) is 12.1 Å². The Labute approximate surface area is 111 Å². The Kier molecular flexibility index (Phi) is 6.24. The maximum Gasteiger partial charge on any atom is 0.404 e. The average molecular weight is 271 g/mol. The van der Waals surface area contributed by atoms with Gasteiger partial charge in [-0.05, 0) is 24.1 Å². The second-order valence-corrected chi connectivity index (χ2v) is 3.93. The van der Waals surface area contributed by atoms with Gasteiger partial charge in [0.1, 0.15) is 24.8 Å². The highest BCUT2D eigenvalue weighted by Gasteiger charge is 2.25. The fourth-order valence-corrected chi connectivity index (χ4v) is 1.72. The van der Waals surface area contributed by atoms with Crippen LogP contribution in [0.5, 0.6) is 0 Å². The van der Waals surface area contributed by atoms with Gasteiger partial charge in [0.2, 0.25) is 0 Å². The van der Waals surface area contributed by atoms with Crippen molar-refractivity contribution in [2.24, 2.45) is 5.73 Å². The highest BCUT2D eigenvalue weighted by atomic mass is 19.1. The quantitative estimate of drug-likeness (QED) is 0.773. The van der Waals surface area contributed by atoms with Crippen LogP contribution in [0.15, 0.2) is 24.3 Å². The maximum atomic E-state index is 12.9. The molecule has 0 saturated heterocycles. The van der Waals surface area contributed by atoms with Crippen LogP contribution in [0.3, 0.4) is 0 Å². The van der Waals surface area contributed by atoms with Gasteiger partial charge >= 0.3 is 6.09 Å². The smallest absolute Gasteiger partial charge is 0.404 e. The third-order valence-corrected chi connectivity index (χ3v) is 2.57. The lowest BCUT2D eigenvalue weighted by atomic mass is 10.0. The number of carbonyl (C=O) groups is 1. The normalized spacial score (nSPS) is 13.8. The lowest BCUT2D eigenvalue weighted by Crippen LogP contribution is -2.30. The highest BCUT2D eigenvalue weighted by Crippen LogP contribution is 2.26. The van der Waals surface area contributed by atoms with E-state index in [0.717, 1.165) is 0 Å². The number of hydrogen-bond donors (Lipinski definition) is 1. The average Bonchev–Trinajstić information content (AvgIpc) is 2.39. The summed E-state index contributed by atoms with van der Waals surface area (Å²) in [6, 6.07) is 5.77. The van der Waals surface area contributed by atoms with E-state index in [1.807, 2.05) is 6.92 Å². The van der Waals surface area contributed by atoms with E-state index >= 15 is 0 Å². The van der Waals surface area contributed by atoms with Crippen LogP contribution in [0.1, 0.15) is 25.0 Å². The Balaban J connectivity index is 2.91. The summed E-state index contributed by atoms with van der Waals surface area (Å²) in [4.78, 5) is 10.9. The van der Waals surface area contributed by atoms with E-state index in [4.69, 9.17) is 19.9 Å². The molecule has 5 nitrogen and oxygen atoms in total. The van der Waals surface area contributed by atoms with Crippen molar-refractivity contribution in [1.82, 2.24) is 0 Å². The molecule has 0 aliphatic heterocycles. The molecule has 0 heterocycles. The van der Waals surface area contributed by atoms with Gasteiger partial charge < -0.3 is 19.9 Å². The molecule has 1 amide bonds. The van der Waals surface area contributed by atoms with Crippen LogP contribution in [0.2, 0.25) is 0 Å². The lowest BCUT2D eigenvalue weighted by Gasteiger charge is -2.25. The summed E-state index contributed by atoms with van der Waals surface area (Å²) in [6.07, 6.45) is -1.48. The van der Waals surface area contributed by atoms with Gasteiger partial charge in [0.15, 0.2) is 0 Å². The first-order chi connectivity index (χ1) is 9.08. The standard InChI is InChI=1S/C13H18FNO4/c1-3-11(19-13(15)16)12(18-8-17-2)9-4-6-10(14)7-5-9/h4-7,11-12H,3,8H2,1-2H3,(H2,15,16). The van der Waals surface area contributed by atoms with Gasteiger partial charge in [0.25, 0.3) is 0 Å². The van der Waals surface area contributed by atoms with E-state index in [2.05, 4.69) is 0 Å². The summed E-state index contributed by atoms with van der Waals surface area (Å²) < 4.78 is 28.3. The van der Waals surface area contributed by atoms with E-state index in [-0.39, 0.29) is 12.6 Å².